The van der Waals surface area contributed by atoms with Gasteiger partial charge in [-0.1, -0.05) is 24.4 Å². The molecule has 1 fully saturated rings. The second-order valence-electron chi connectivity index (χ2n) is 5.20. The molecule has 1 aliphatic heterocycles. The third-order valence-electron chi connectivity index (χ3n) is 3.38. The van der Waals surface area contributed by atoms with Crippen LogP contribution in [0.2, 0.25) is 0 Å². The quantitative estimate of drug-likeness (QED) is 0.590. The van der Waals surface area contributed by atoms with E-state index in [2.05, 4.69) is 0 Å². The van der Waals surface area contributed by atoms with Crippen molar-refractivity contribution in [2.45, 2.75) is 31.8 Å². The van der Waals surface area contributed by atoms with Gasteiger partial charge in [0.1, 0.15) is 12.4 Å². The van der Waals surface area contributed by atoms with Gasteiger partial charge < -0.3 is 19.9 Å². The van der Waals surface area contributed by atoms with Gasteiger partial charge in [0.25, 0.3) is 0 Å². The average Bonchev–Trinajstić information content (AvgIpc) is 2.49. The molecule has 4 nitrogen and oxygen atoms in total. The SMILES string of the molecule is NC(=S)Cc1ccc(OCCOCC2CCCCO2)cc1. The number of ether oxygens (including phenoxy) is 3. The molecule has 1 aromatic carbocycles. The fourth-order valence-electron chi connectivity index (χ4n) is 2.28. The van der Waals surface area contributed by atoms with Gasteiger partial charge in [0.15, 0.2) is 0 Å². The van der Waals surface area contributed by atoms with Crippen LogP contribution in [-0.4, -0.2) is 37.5 Å². The largest absolute Gasteiger partial charge is 0.491 e. The summed E-state index contributed by atoms with van der Waals surface area (Å²) < 4.78 is 16.8. The highest BCUT2D eigenvalue weighted by Crippen LogP contribution is 2.14. The van der Waals surface area contributed by atoms with Crippen molar-refractivity contribution in [3.05, 3.63) is 29.8 Å². The highest BCUT2D eigenvalue weighted by atomic mass is 32.1. The van der Waals surface area contributed by atoms with Crippen molar-refractivity contribution in [3.8, 4) is 5.75 Å². The highest BCUT2D eigenvalue weighted by molar-refractivity contribution is 7.80. The molecular formula is C16H23NO3S. The predicted molar refractivity (Wildman–Crippen MR) is 86.8 cm³/mol. The van der Waals surface area contributed by atoms with Gasteiger partial charge in [-0.05, 0) is 37.0 Å². The maximum absolute atomic E-state index is 5.63. The molecule has 2 N–H and O–H groups in total. The maximum Gasteiger partial charge on any atom is 0.119 e. The van der Waals surface area contributed by atoms with Crippen LogP contribution in [0.5, 0.6) is 5.75 Å². The second-order valence-corrected chi connectivity index (χ2v) is 5.72. The van der Waals surface area contributed by atoms with Gasteiger partial charge in [-0.2, -0.15) is 0 Å². The molecule has 1 unspecified atom stereocenters. The molecule has 116 valence electrons. The van der Waals surface area contributed by atoms with Gasteiger partial charge in [-0.3, -0.25) is 0 Å². The van der Waals surface area contributed by atoms with Crippen LogP contribution in [0.15, 0.2) is 24.3 Å². The normalized spacial score (nSPS) is 18.4. The summed E-state index contributed by atoms with van der Waals surface area (Å²) >= 11 is 4.88. The number of hydrogen-bond acceptors (Lipinski definition) is 4. The summed E-state index contributed by atoms with van der Waals surface area (Å²) in [4.78, 5) is 0.502. The number of benzene rings is 1. The van der Waals surface area contributed by atoms with Crippen LogP contribution in [-0.2, 0) is 15.9 Å². The third kappa shape index (κ3) is 6.42. The van der Waals surface area contributed by atoms with Crippen molar-refractivity contribution in [1.29, 1.82) is 0 Å². The smallest absolute Gasteiger partial charge is 0.119 e. The Morgan fingerprint density at radius 3 is 2.71 bits per heavy atom. The number of rotatable bonds is 8. The minimum Gasteiger partial charge on any atom is -0.491 e. The van der Waals surface area contributed by atoms with Gasteiger partial charge in [-0.25, -0.2) is 0 Å². The van der Waals surface area contributed by atoms with Gasteiger partial charge in [0.05, 0.1) is 24.3 Å². The van der Waals surface area contributed by atoms with Crippen molar-refractivity contribution in [2.75, 3.05) is 26.4 Å². The molecule has 1 aromatic rings. The molecule has 0 amide bonds. The molecule has 0 bridgehead atoms. The zero-order valence-electron chi connectivity index (χ0n) is 12.3. The highest BCUT2D eigenvalue weighted by Gasteiger charge is 2.13. The van der Waals surface area contributed by atoms with E-state index < -0.39 is 0 Å². The van der Waals surface area contributed by atoms with E-state index >= 15 is 0 Å². The van der Waals surface area contributed by atoms with Crippen molar-refractivity contribution < 1.29 is 14.2 Å². The molecule has 1 atom stereocenters. The average molecular weight is 309 g/mol. The van der Waals surface area contributed by atoms with Crippen molar-refractivity contribution in [3.63, 3.8) is 0 Å². The molecule has 0 aliphatic carbocycles. The summed E-state index contributed by atoms with van der Waals surface area (Å²) in [6, 6.07) is 7.81. The van der Waals surface area contributed by atoms with Crippen LogP contribution in [0.25, 0.3) is 0 Å². The van der Waals surface area contributed by atoms with E-state index in [1.165, 1.54) is 12.8 Å². The van der Waals surface area contributed by atoms with E-state index in [9.17, 15) is 0 Å². The topological polar surface area (TPSA) is 53.7 Å². The Hall–Kier alpha value is -1.17. The van der Waals surface area contributed by atoms with E-state index in [-0.39, 0.29) is 6.10 Å². The second kappa shape index (κ2) is 8.97. The molecule has 0 saturated carbocycles. The summed E-state index contributed by atoms with van der Waals surface area (Å²) in [5.74, 6) is 0.833. The number of thiocarbonyl (C=S) groups is 1. The van der Waals surface area contributed by atoms with E-state index in [4.69, 9.17) is 32.2 Å². The first kappa shape index (κ1) is 16.2. The van der Waals surface area contributed by atoms with Gasteiger partial charge in [0, 0.05) is 13.0 Å². The van der Waals surface area contributed by atoms with Crippen LogP contribution in [0, 0.1) is 0 Å². The van der Waals surface area contributed by atoms with E-state index in [1.807, 2.05) is 24.3 Å². The van der Waals surface area contributed by atoms with E-state index in [0.29, 0.717) is 31.2 Å². The lowest BCUT2D eigenvalue weighted by Crippen LogP contribution is -2.25. The molecule has 1 aliphatic rings. The molecule has 21 heavy (non-hydrogen) atoms. The minimum absolute atomic E-state index is 0.262. The molecule has 1 heterocycles. The standard InChI is InChI=1S/C16H23NO3S/c17-16(21)11-13-4-6-14(7-5-13)20-10-9-18-12-15-3-1-2-8-19-15/h4-7,15H,1-3,8-12H2,(H2,17,21). The fourth-order valence-corrected chi connectivity index (χ4v) is 2.44. The Kier molecular flexibility index (Phi) is 6.92. The van der Waals surface area contributed by atoms with Gasteiger partial charge >= 0.3 is 0 Å². The zero-order chi connectivity index (χ0) is 14.9. The summed E-state index contributed by atoms with van der Waals surface area (Å²) in [6.07, 6.45) is 4.40. The lowest BCUT2D eigenvalue weighted by Gasteiger charge is -2.22. The van der Waals surface area contributed by atoms with Gasteiger partial charge in [-0.15, -0.1) is 0 Å². The minimum atomic E-state index is 0.262. The summed E-state index contributed by atoms with van der Waals surface area (Å²) in [5.41, 5.74) is 6.61. The molecule has 0 spiro atoms. The molecule has 2 rings (SSSR count). The van der Waals surface area contributed by atoms with Crippen molar-refractivity contribution in [1.82, 2.24) is 0 Å². The van der Waals surface area contributed by atoms with E-state index in [1.54, 1.807) is 0 Å². The number of nitrogens with two attached hydrogens (primary N) is 1. The lowest BCUT2D eigenvalue weighted by molar-refractivity contribution is -0.0444. The Balaban J connectivity index is 1.58. The molecule has 0 aromatic heterocycles. The van der Waals surface area contributed by atoms with Gasteiger partial charge in [0.2, 0.25) is 0 Å². The monoisotopic (exact) mass is 309 g/mol. The van der Waals surface area contributed by atoms with Crippen LogP contribution in [0.4, 0.5) is 0 Å². The maximum atomic E-state index is 5.63. The van der Waals surface area contributed by atoms with Crippen molar-refractivity contribution in [2.24, 2.45) is 5.73 Å². The summed E-state index contributed by atoms with van der Waals surface area (Å²) in [6.45, 7) is 2.65. The van der Waals surface area contributed by atoms with Crippen molar-refractivity contribution >= 4 is 17.2 Å². The Bertz CT molecular complexity index is 430. The van der Waals surface area contributed by atoms with Crippen LogP contribution in [0.1, 0.15) is 24.8 Å². The molecule has 0 radical (unpaired) electrons. The number of hydrogen-bond donors (Lipinski definition) is 1. The van der Waals surface area contributed by atoms with Crippen LogP contribution < -0.4 is 10.5 Å². The Labute approximate surface area is 131 Å². The first-order valence-corrected chi connectivity index (χ1v) is 7.84. The first-order valence-electron chi connectivity index (χ1n) is 7.43. The summed E-state index contributed by atoms with van der Waals surface area (Å²) in [5, 5.41) is 0. The van der Waals surface area contributed by atoms with Crippen LogP contribution in [0.3, 0.4) is 0 Å². The first-order chi connectivity index (χ1) is 10.2. The third-order valence-corrected chi connectivity index (χ3v) is 3.52. The lowest BCUT2D eigenvalue weighted by atomic mass is 10.1. The summed E-state index contributed by atoms with van der Waals surface area (Å²) in [7, 11) is 0. The van der Waals surface area contributed by atoms with Crippen LogP contribution >= 0.6 is 12.2 Å². The van der Waals surface area contributed by atoms with E-state index in [0.717, 1.165) is 24.3 Å². The zero-order valence-corrected chi connectivity index (χ0v) is 13.1. The molecule has 1 saturated heterocycles. The predicted octanol–water partition coefficient (Wildman–Crippen LogP) is 2.48. The molecule has 5 heteroatoms. The Morgan fingerprint density at radius 2 is 2.05 bits per heavy atom. The molecular weight excluding hydrogens is 286 g/mol. The Morgan fingerprint density at radius 1 is 1.24 bits per heavy atom. The fraction of sp³-hybridized carbons (Fsp3) is 0.562.